The molecule has 2 atom stereocenters. The highest BCUT2D eigenvalue weighted by molar-refractivity contribution is 5.78. The topological polar surface area (TPSA) is 44.4 Å². The maximum absolute atomic E-state index is 12.2. The maximum Gasteiger partial charge on any atom is 0.223 e. The number of hydrogen-bond donors (Lipinski definition) is 2. The van der Waals surface area contributed by atoms with Crippen molar-refractivity contribution in [3.05, 3.63) is 0 Å². The molecule has 116 valence electrons. The average Bonchev–Trinajstić information content (AvgIpc) is 2.37. The molecular weight excluding hydrogens is 250 g/mol. The molecule has 20 heavy (non-hydrogen) atoms. The molecule has 0 spiro atoms. The van der Waals surface area contributed by atoms with E-state index in [4.69, 9.17) is 0 Å². The highest BCUT2D eigenvalue weighted by Crippen LogP contribution is 2.28. The largest absolute Gasteiger partial charge is 0.354 e. The normalized spacial score (nSPS) is 24.2. The molecule has 0 aromatic carbocycles. The van der Waals surface area contributed by atoms with Gasteiger partial charge in [0.1, 0.15) is 0 Å². The summed E-state index contributed by atoms with van der Waals surface area (Å²) in [6, 6.07) is 0.492. The van der Waals surface area contributed by atoms with E-state index in [1.165, 1.54) is 32.1 Å². The van der Waals surface area contributed by atoms with Crippen LogP contribution in [0.2, 0.25) is 0 Å². The van der Waals surface area contributed by atoms with Crippen molar-refractivity contribution < 1.29 is 4.79 Å². The third kappa shape index (κ3) is 3.95. The quantitative estimate of drug-likeness (QED) is 0.775. The molecule has 1 saturated heterocycles. The summed E-state index contributed by atoms with van der Waals surface area (Å²) >= 11 is 0. The number of carbonyl (C=O) groups excluding carboxylic acids is 1. The highest BCUT2D eigenvalue weighted by Gasteiger charge is 2.30. The van der Waals surface area contributed by atoms with Crippen LogP contribution >= 0.6 is 0 Å². The lowest BCUT2D eigenvalue weighted by Crippen LogP contribution is -2.52. The van der Waals surface area contributed by atoms with Gasteiger partial charge in [0.05, 0.1) is 0 Å². The molecule has 0 aromatic rings. The van der Waals surface area contributed by atoms with Crippen molar-refractivity contribution in [3.8, 4) is 0 Å². The molecule has 4 heteroatoms. The molecule has 1 heterocycles. The van der Waals surface area contributed by atoms with Crippen LogP contribution in [0.1, 0.15) is 39.0 Å². The van der Waals surface area contributed by atoms with Gasteiger partial charge in [-0.15, -0.1) is 0 Å². The standard InChI is InChI=1S/C16H31N3O/c1-12(14-9-17-10-14)16(20)18-11-15(19(2)3)13-7-5-4-6-8-13/h12-15,17H,4-11H2,1-3H3,(H,18,20). The Morgan fingerprint density at radius 3 is 2.35 bits per heavy atom. The number of nitrogens with one attached hydrogen (secondary N) is 2. The van der Waals surface area contributed by atoms with Crippen LogP contribution in [0.4, 0.5) is 0 Å². The second-order valence-electron chi connectivity index (χ2n) is 6.88. The molecule has 2 rings (SSSR count). The monoisotopic (exact) mass is 281 g/mol. The summed E-state index contributed by atoms with van der Waals surface area (Å²) in [7, 11) is 4.29. The van der Waals surface area contributed by atoms with Crippen LogP contribution in [0.25, 0.3) is 0 Å². The fourth-order valence-corrected chi connectivity index (χ4v) is 3.53. The average molecular weight is 281 g/mol. The lowest BCUT2D eigenvalue weighted by atomic mass is 9.83. The Balaban J connectivity index is 1.80. The smallest absolute Gasteiger partial charge is 0.223 e. The van der Waals surface area contributed by atoms with E-state index >= 15 is 0 Å². The van der Waals surface area contributed by atoms with Gasteiger partial charge in [-0.3, -0.25) is 4.79 Å². The van der Waals surface area contributed by atoms with Crippen LogP contribution in [0.15, 0.2) is 0 Å². The maximum atomic E-state index is 12.2. The molecule has 1 aliphatic heterocycles. The van der Waals surface area contributed by atoms with Crippen LogP contribution in [-0.2, 0) is 4.79 Å². The number of amides is 1. The van der Waals surface area contributed by atoms with Crippen molar-refractivity contribution in [2.45, 2.75) is 45.1 Å². The number of rotatable bonds is 6. The number of nitrogens with zero attached hydrogens (tertiary/aromatic N) is 1. The van der Waals surface area contributed by atoms with Crippen molar-refractivity contribution in [1.82, 2.24) is 15.5 Å². The minimum Gasteiger partial charge on any atom is -0.354 e. The summed E-state index contributed by atoms with van der Waals surface area (Å²) in [5.74, 6) is 1.66. The second kappa shape index (κ2) is 7.41. The summed E-state index contributed by atoms with van der Waals surface area (Å²) in [5.41, 5.74) is 0. The van der Waals surface area contributed by atoms with Crippen LogP contribution in [0, 0.1) is 17.8 Å². The zero-order valence-corrected chi connectivity index (χ0v) is 13.3. The van der Waals surface area contributed by atoms with Crippen LogP contribution in [-0.4, -0.2) is 50.6 Å². The van der Waals surface area contributed by atoms with Gasteiger partial charge in [-0.05, 0) is 51.9 Å². The molecule has 1 saturated carbocycles. The summed E-state index contributed by atoms with van der Waals surface area (Å²) in [6.45, 7) is 4.86. The van der Waals surface area contributed by atoms with Crippen molar-refractivity contribution in [3.63, 3.8) is 0 Å². The molecule has 0 bridgehead atoms. The van der Waals surface area contributed by atoms with E-state index in [2.05, 4.69) is 36.6 Å². The fraction of sp³-hybridized carbons (Fsp3) is 0.938. The van der Waals surface area contributed by atoms with Gasteiger partial charge in [-0.2, -0.15) is 0 Å². The summed E-state index contributed by atoms with van der Waals surface area (Å²) in [5, 5.41) is 6.45. The Hall–Kier alpha value is -0.610. The van der Waals surface area contributed by atoms with Gasteiger partial charge in [0.15, 0.2) is 0 Å². The molecule has 2 fully saturated rings. The number of carbonyl (C=O) groups is 1. The fourth-order valence-electron chi connectivity index (χ4n) is 3.53. The predicted molar refractivity (Wildman–Crippen MR) is 82.6 cm³/mol. The molecule has 4 nitrogen and oxygen atoms in total. The van der Waals surface area contributed by atoms with Crippen molar-refractivity contribution in [2.24, 2.45) is 17.8 Å². The summed E-state index contributed by atoms with van der Waals surface area (Å²) in [6.07, 6.45) is 6.73. The van der Waals surface area contributed by atoms with Crippen molar-refractivity contribution in [2.75, 3.05) is 33.7 Å². The SMILES string of the molecule is CC(C(=O)NCC(C1CCCCC1)N(C)C)C1CNC1. The molecule has 2 aliphatic rings. The van der Waals surface area contributed by atoms with Crippen molar-refractivity contribution >= 4 is 5.91 Å². The van der Waals surface area contributed by atoms with Crippen LogP contribution in [0.3, 0.4) is 0 Å². The predicted octanol–water partition coefficient (Wildman–Crippen LogP) is 1.47. The molecule has 2 N–H and O–H groups in total. The third-order valence-corrected chi connectivity index (χ3v) is 5.28. The summed E-state index contributed by atoms with van der Waals surface area (Å²) in [4.78, 5) is 14.5. The minimum absolute atomic E-state index is 0.144. The zero-order valence-electron chi connectivity index (χ0n) is 13.3. The van der Waals surface area contributed by atoms with Gasteiger partial charge in [0.25, 0.3) is 0 Å². The number of likely N-dealkylation sites (N-methyl/N-ethyl adjacent to an activating group) is 1. The molecule has 1 amide bonds. The van der Waals surface area contributed by atoms with E-state index in [1.807, 2.05) is 0 Å². The Labute approximate surface area is 123 Å². The third-order valence-electron chi connectivity index (χ3n) is 5.28. The first-order valence-corrected chi connectivity index (χ1v) is 8.24. The molecule has 0 aromatic heterocycles. The Morgan fingerprint density at radius 1 is 1.20 bits per heavy atom. The van der Waals surface area contributed by atoms with E-state index in [0.717, 1.165) is 25.6 Å². The first-order valence-electron chi connectivity index (χ1n) is 8.24. The van der Waals surface area contributed by atoms with Gasteiger partial charge >= 0.3 is 0 Å². The highest BCUT2D eigenvalue weighted by atomic mass is 16.1. The van der Waals surface area contributed by atoms with Crippen LogP contribution < -0.4 is 10.6 Å². The lowest BCUT2D eigenvalue weighted by Gasteiger charge is -2.36. The Morgan fingerprint density at radius 2 is 1.85 bits per heavy atom. The van der Waals surface area contributed by atoms with E-state index < -0.39 is 0 Å². The zero-order chi connectivity index (χ0) is 14.5. The van der Waals surface area contributed by atoms with E-state index in [-0.39, 0.29) is 11.8 Å². The first-order chi connectivity index (χ1) is 9.59. The van der Waals surface area contributed by atoms with Crippen LogP contribution in [0.5, 0.6) is 0 Å². The van der Waals surface area contributed by atoms with Gasteiger partial charge in [0, 0.05) is 18.5 Å². The molecule has 1 aliphatic carbocycles. The second-order valence-corrected chi connectivity index (χ2v) is 6.88. The Kier molecular flexibility index (Phi) is 5.85. The minimum atomic E-state index is 0.144. The molecular formula is C16H31N3O. The van der Waals surface area contributed by atoms with Gasteiger partial charge in [0.2, 0.25) is 5.91 Å². The molecule has 2 unspecified atom stereocenters. The van der Waals surface area contributed by atoms with E-state index in [9.17, 15) is 4.79 Å². The lowest BCUT2D eigenvalue weighted by molar-refractivity contribution is -0.127. The van der Waals surface area contributed by atoms with E-state index in [1.54, 1.807) is 0 Å². The first kappa shape index (κ1) is 15.8. The van der Waals surface area contributed by atoms with Gasteiger partial charge in [-0.25, -0.2) is 0 Å². The van der Waals surface area contributed by atoms with E-state index in [0.29, 0.717) is 12.0 Å². The summed E-state index contributed by atoms with van der Waals surface area (Å²) < 4.78 is 0. The Bertz CT molecular complexity index is 309. The van der Waals surface area contributed by atoms with Gasteiger partial charge < -0.3 is 15.5 Å². The molecule has 0 radical (unpaired) electrons. The number of hydrogen-bond acceptors (Lipinski definition) is 3. The van der Waals surface area contributed by atoms with Gasteiger partial charge in [-0.1, -0.05) is 26.2 Å². The van der Waals surface area contributed by atoms with Crippen molar-refractivity contribution in [1.29, 1.82) is 0 Å².